The lowest BCUT2D eigenvalue weighted by molar-refractivity contribution is -0.117. The molecule has 18 heavy (non-hydrogen) atoms. The Kier molecular flexibility index (Phi) is 3.36. The molecule has 1 atom stereocenters. The first kappa shape index (κ1) is 13.0. The Labute approximate surface area is 110 Å². The van der Waals surface area contributed by atoms with E-state index in [1.165, 1.54) is 6.07 Å². The Morgan fingerprint density at radius 3 is 2.67 bits per heavy atom. The minimum absolute atomic E-state index is 0.0111. The van der Waals surface area contributed by atoms with Gasteiger partial charge in [0.05, 0.1) is 34.8 Å². The molecular formula is C11H9BrFNO4. The molecular weight excluding hydrogens is 309 g/mol. The van der Waals surface area contributed by atoms with Gasteiger partial charge in [0.15, 0.2) is 0 Å². The first-order valence-electron chi connectivity index (χ1n) is 5.11. The normalized spacial score (nSPS) is 19.4. The molecule has 1 aliphatic rings. The molecule has 2 rings (SSSR count). The van der Waals surface area contributed by atoms with Crippen LogP contribution in [-0.2, 0) is 4.79 Å². The topological polar surface area (TPSA) is 77.8 Å². The highest BCUT2D eigenvalue weighted by Crippen LogP contribution is 2.30. The highest BCUT2D eigenvalue weighted by Gasteiger charge is 2.32. The van der Waals surface area contributed by atoms with E-state index in [9.17, 15) is 19.1 Å². The fraction of sp³-hybridized carbons (Fsp3) is 0.273. The first-order valence-corrected chi connectivity index (χ1v) is 5.90. The molecule has 0 saturated carbocycles. The van der Waals surface area contributed by atoms with Gasteiger partial charge in [0.25, 0.3) is 0 Å². The van der Waals surface area contributed by atoms with E-state index in [1.807, 2.05) is 0 Å². The van der Waals surface area contributed by atoms with Crippen LogP contribution in [0.2, 0.25) is 0 Å². The molecule has 0 spiro atoms. The van der Waals surface area contributed by atoms with Crippen LogP contribution in [0.5, 0.6) is 0 Å². The number of benzene rings is 1. The fourth-order valence-corrected chi connectivity index (χ4v) is 2.18. The van der Waals surface area contributed by atoms with Crippen LogP contribution in [0.4, 0.5) is 10.1 Å². The van der Waals surface area contributed by atoms with Crippen molar-refractivity contribution < 1.29 is 24.2 Å². The molecule has 0 aromatic heterocycles. The van der Waals surface area contributed by atoms with Crippen molar-refractivity contribution in [1.29, 1.82) is 0 Å². The summed E-state index contributed by atoms with van der Waals surface area (Å²) in [5.74, 6) is -2.43. The summed E-state index contributed by atoms with van der Waals surface area (Å²) >= 11 is 2.94. The molecule has 1 amide bonds. The molecule has 1 aliphatic heterocycles. The van der Waals surface area contributed by atoms with Crippen molar-refractivity contribution >= 4 is 33.5 Å². The van der Waals surface area contributed by atoms with Crippen LogP contribution in [0.15, 0.2) is 16.6 Å². The molecule has 0 radical (unpaired) electrons. The van der Waals surface area contributed by atoms with Gasteiger partial charge in [0.2, 0.25) is 5.91 Å². The Hall–Kier alpha value is -1.47. The van der Waals surface area contributed by atoms with Crippen LogP contribution in [0.3, 0.4) is 0 Å². The van der Waals surface area contributed by atoms with E-state index >= 15 is 0 Å². The van der Waals surface area contributed by atoms with E-state index in [1.54, 1.807) is 0 Å². The third kappa shape index (κ3) is 2.23. The second kappa shape index (κ2) is 4.66. The zero-order valence-corrected chi connectivity index (χ0v) is 10.6. The summed E-state index contributed by atoms with van der Waals surface area (Å²) in [6.45, 7) is 0.0111. The molecule has 1 aromatic carbocycles. The maximum Gasteiger partial charge on any atom is 0.337 e. The smallest absolute Gasteiger partial charge is 0.337 e. The summed E-state index contributed by atoms with van der Waals surface area (Å²) in [6, 6.07) is 2.08. The lowest BCUT2D eigenvalue weighted by Gasteiger charge is -2.18. The van der Waals surface area contributed by atoms with Crippen molar-refractivity contribution in [2.45, 2.75) is 12.5 Å². The Bertz CT molecular complexity index is 534. The van der Waals surface area contributed by atoms with Gasteiger partial charge in [0.1, 0.15) is 5.82 Å². The molecule has 5 nitrogen and oxygen atoms in total. The summed E-state index contributed by atoms with van der Waals surface area (Å²) in [6.07, 6.45) is -0.892. The quantitative estimate of drug-likeness (QED) is 0.864. The standard InChI is InChI=1S/C11H9BrFNO4/c12-7-3-9(6(11(17)18)2-8(7)13)14-4-5(15)1-10(14)16/h2-3,5,15H,1,4H2,(H,17,18). The van der Waals surface area contributed by atoms with Gasteiger partial charge < -0.3 is 15.1 Å². The largest absolute Gasteiger partial charge is 0.478 e. The second-order valence-corrected chi connectivity index (χ2v) is 4.81. The zero-order chi connectivity index (χ0) is 13.4. The summed E-state index contributed by atoms with van der Waals surface area (Å²) in [4.78, 5) is 23.8. The van der Waals surface area contributed by atoms with E-state index in [-0.39, 0.29) is 34.6 Å². The molecule has 1 heterocycles. The Morgan fingerprint density at radius 2 is 2.17 bits per heavy atom. The number of rotatable bonds is 2. The van der Waals surface area contributed by atoms with Crippen molar-refractivity contribution in [3.05, 3.63) is 28.0 Å². The van der Waals surface area contributed by atoms with Gasteiger partial charge in [-0.15, -0.1) is 0 Å². The number of β-amino-alcohol motifs (C(OH)–C–C–N with tert-alkyl or cyclic N) is 1. The maximum absolute atomic E-state index is 13.3. The van der Waals surface area contributed by atoms with Crippen molar-refractivity contribution in [2.75, 3.05) is 11.4 Å². The van der Waals surface area contributed by atoms with Gasteiger partial charge in [-0.25, -0.2) is 9.18 Å². The number of nitrogens with zero attached hydrogens (tertiary/aromatic N) is 1. The molecule has 1 aromatic rings. The van der Waals surface area contributed by atoms with Crippen LogP contribution in [0, 0.1) is 5.82 Å². The number of aliphatic hydroxyl groups is 1. The summed E-state index contributed by atoms with van der Waals surface area (Å²) < 4.78 is 13.4. The van der Waals surface area contributed by atoms with Crippen LogP contribution < -0.4 is 4.90 Å². The average Bonchev–Trinajstić information content (AvgIpc) is 2.61. The highest BCUT2D eigenvalue weighted by molar-refractivity contribution is 9.10. The SMILES string of the molecule is O=C(O)c1cc(F)c(Br)cc1N1CC(O)CC1=O. The first-order chi connectivity index (χ1) is 8.40. The summed E-state index contributed by atoms with van der Waals surface area (Å²) in [7, 11) is 0. The van der Waals surface area contributed by atoms with E-state index in [4.69, 9.17) is 5.11 Å². The molecule has 0 bridgehead atoms. The number of amides is 1. The fourth-order valence-electron chi connectivity index (χ4n) is 1.85. The lowest BCUT2D eigenvalue weighted by Crippen LogP contribution is -2.27. The average molecular weight is 318 g/mol. The number of hydrogen-bond acceptors (Lipinski definition) is 3. The number of anilines is 1. The van der Waals surface area contributed by atoms with Crippen molar-refractivity contribution in [3.63, 3.8) is 0 Å². The van der Waals surface area contributed by atoms with Crippen molar-refractivity contribution in [3.8, 4) is 0 Å². The minimum atomic E-state index is -1.33. The van der Waals surface area contributed by atoms with Gasteiger partial charge in [-0.2, -0.15) is 0 Å². The van der Waals surface area contributed by atoms with Crippen LogP contribution in [-0.4, -0.2) is 34.7 Å². The molecule has 1 unspecified atom stereocenters. The number of aromatic carboxylic acids is 1. The van der Waals surface area contributed by atoms with Crippen molar-refractivity contribution in [2.24, 2.45) is 0 Å². The van der Waals surface area contributed by atoms with Gasteiger partial charge in [-0.3, -0.25) is 4.79 Å². The number of carboxylic acids is 1. The predicted octanol–water partition coefficient (Wildman–Crippen LogP) is 1.38. The predicted molar refractivity (Wildman–Crippen MR) is 64.0 cm³/mol. The highest BCUT2D eigenvalue weighted by atomic mass is 79.9. The number of halogens is 2. The molecule has 2 N–H and O–H groups in total. The molecule has 1 fully saturated rings. The zero-order valence-electron chi connectivity index (χ0n) is 9.06. The minimum Gasteiger partial charge on any atom is -0.478 e. The third-order valence-corrected chi connectivity index (χ3v) is 3.27. The van der Waals surface area contributed by atoms with Crippen LogP contribution >= 0.6 is 15.9 Å². The Balaban J connectivity index is 2.52. The number of carbonyl (C=O) groups is 2. The number of carbonyl (C=O) groups excluding carboxylic acids is 1. The molecule has 7 heteroatoms. The molecule has 0 aliphatic carbocycles. The monoisotopic (exact) mass is 317 g/mol. The van der Waals surface area contributed by atoms with Gasteiger partial charge in [0, 0.05) is 0 Å². The molecule has 96 valence electrons. The number of hydrogen-bond donors (Lipinski definition) is 2. The third-order valence-electron chi connectivity index (χ3n) is 2.66. The van der Waals surface area contributed by atoms with E-state index in [0.717, 1.165) is 11.0 Å². The number of carboxylic acid groups (broad SMARTS) is 1. The van der Waals surface area contributed by atoms with Gasteiger partial charge in [-0.1, -0.05) is 0 Å². The second-order valence-electron chi connectivity index (χ2n) is 3.95. The lowest BCUT2D eigenvalue weighted by atomic mass is 10.1. The van der Waals surface area contributed by atoms with Crippen LogP contribution in [0.1, 0.15) is 16.8 Å². The summed E-state index contributed by atoms with van der Waals surface area (Å²) in [5.41, 5.74) is -0.226. The van der Waals surface area contributed by atoms with Gasteiger partial charge >= 0.3 is 5.97 Å². The number of aliphatic hydroxyl groups excluding tert-OH is 1. The van der Waals surface area contributed by atoms with Crippen molar-refractivity contribution in [1.82, 2.24) is 0 Å². The molecule has 1 saturated heterocycles. The maximum atomic E-state index is 13.3. The summed E-state index contributed by atoms with van der Waals surface area (Å²) in [5, 5.41) is 18.4. The Morgan fingerprint density at radius 1 is 1.50 bits per heavy atom. The van der Waals surface area contributed by atoms with Crippen LogP contribution in [0.25, 0.3) is 0 Å². The van der Waals surface area contributed by atoms with E-state index in [0.29, 0.717) is 0 Å². The van der Waals surface area contributed by atoms with E-state index in [2.05, 4.69) is 15.9 Å². The van der Waals surface area contributed by atoms with Gasteiger partial charge in [-0.05, 0) is 28.1 Å². The van der Waals surface area contributed by atoms with E-state index < -0.39 is 17.9 Å².